The van der Waals surface area contributed by atoms with Gasteiger partial charge in [0, 0.05) is 6.04 Å². The Morgan fingerprint density at radius 2 is 2.12 bits per heavy atom. The molecule has 1 unspecified atom stereocenters. The molecule has 0 radical (unpaired) electrons. The van der Waals surface area contributed by atoms with Gasteiger partial charge >= 0.3 is 5.97 Å². The third-order valence-corrected chi connectivity index (χ3v) is 2.88. The lowest BCUT2D eigenvalue weighted by Gasteiger charge is -2.17. The molecule has 1 aromatic carbocycles. The quantitative estimate of drug-likeness (QED) is 0.795. The van der Waals surface area contributed by atoms with Crippen LogP contribution < -0.4 is 5.32 Å². The first-order chi connectivity index (χ1) is 8.02. The van der Waals surface area contributed by atoms with Crippen molar-refractivity contribution in [2.45, 2.75) is 39.7 Å². The van der Waals surface area contributed by atoms with Gasteiger partial charge in [0.2, 0.25) is 0 Å². The molecule has 0 aliphatic rings. The fourth-order valence-electron chi connectivity index (χ4n) is 2.06. The Hall–Kier alpha value is -1.35. The van der Waals surface area contributed by atoms with Crippen LogP contribution in [0.25, 0.3) is 0 Å². The lowest BCUT2D eigenvalue weighted by molar-refractivity contribution is -0.137. The molecule has 0 amide bonds. The zero-order valence-electron chi connectivity index (χ0n) is 10.8. The number of rotatable bonds is 6. The third-order valence-electron chi connectivity index (χ3n) is 2.88. The van der Waals surface area contributed by atoms with Crippen LogP contribution in [0.2, 0.25) is 0 Å². The number of nitrogens with one attached hydrogen (secondary N) is 1. The number of carboxylic acids is 1. The first kappa shape index (κ1) is 13.7. The van der Waals surface area contributed by atoms with Crippen LogP contribution in [0.1, 0.15) is 30.0 Å². The first-order valence-electron chi connectivity index (χ1n) is 6.04. The molecular weight excluding hydrogens is 214 g/mol. The first-order valence-corrected chi connectivity index (χ1v) is 6.04. The van der Waals surface area contributed by atoms with Gasteiger partial charge in [-0.2, -0.15) is 0 Å². The van der Waals surface area contributed by atoms with Crippen LogP contribution in [-0.4, -0.2) is 23.7 Å². The van der Waals surface area contributed by atoms with Crippen LogP contribution >= 0.6 is 0 Å². The molecule has 0 aliphatic heterocycles. The molecule has 3 heteroatoms. The van der Waals surface area contributed by atoms with Crippen LogP contribution in [0.15, 0.2) is 18.2 Å². The summed E-state index contributed by atoms with van der Waals surface area (Å²) < 4.78 is 0. The number of aliphatic carboxylic acids is 1. The maximum atomic E-state index is 10.8. The number of hydrogen-bond donors (Lipinski definition) is 2. The lowest BCUT2D eigenvalue weighted by Crippen LogP contribution is -2.33. The Balaban J connectivity index is 2.74. The molecule has 0 spiro atoms. The summed E-state index contributed by atoms with van der Waals surface area (Å²) in [6.45, 7) is 6.93. The number of carboxylic acid groups (broad SMARTS) is 1. The van der Waals surface area contributed by atoms with Crippen molar-refractivity contribution >= 4 is 5.97 Å². The molecule has 0 saturated carbocycles. The highest BCUT2D eigenvalue weighted by molar-refractivity contribution is 5.67. The average Bonchev–Trinajstić information content (AvgIpc) is 2.21. The molecule has 0 bridgehead atoms. The minimum Gasteiger partial charge on any atom is -0.481 e. The summed E-state index contributed by atoms with van der Waals surface area (Å²) in [5.41, 5.74) is 3.70. The summed E-state index contributed by atoms with van der Waals surface area (Å²) in [7, 11) is 0. The average molecular weight is 235 g/mol. The standard InChI is InChI=1S/C14H21NO2/c1-4-15-13(9-14(16)17)8-12-6-5-10(2)7-11(12)3/h5-7,13,15H,4,8-9H2,1-3H3,(H,16,17). The van der Waals surface area contributed by atoms with Gasteiger partial charge in [-0.3, -0.25) is 4.79 Å². The van der Waals surface area contributed by atoms with Gasteiger partial charge in [-0.25, -0.2) is 0 Å². The van der Waals surface area contributed by atoms with E-state index in [9.17, 15) is 4.79 Å². The summed E-state index contributed by atoms with van der Waals surface area (Å²) in [5, 5.41) is 12.1. The van der Waals surface area contributed by atoms with E-state index in [4.69, 9.17) is 5.11 Å². The minimum absolute atomic E-state index is 0.0129. The second-order valence-electron chi connectivity index (χ2n) is 4.49. The van der Waals surface area contributed by atoms with Gasteiger partial charge in [0.05, 0.1) is 6.42 Å². The second-order valence-corrected chi connectivity index (χ2v) is 4.49. The number of likely N-dealkylation sites (N-methyl/N-ethyl adjacent to an activating group) is 1. The molecule has 1 rings (SSSR count). The Bertz CT molecular complexity index is 388. The van der Waals surface area contributed by atoms with E-state index in [0.717, 1.165) is 13.0 Å². The van der Waals surface area contributed by atoms with Gasteiger partial charge < -0.3 is 10.4 Å². The Morgan fingerprint density at radius 1 is 1.41 bits per heavy atom. The maximum absolute atomic E-state index is 10.8. The van der Waals surface area contributed by atoms with Crippen LogP contribution in [0.5, 0.6) is 0 Å². The Morgan fingerprint density at radius 3 is 2.65 bits per heavy atom. The molecule has 0 heterocycles. The van der Waals surface area contributed by atoms with E-state index in [1.165, 1.54) is 16.7 Å². The monoisotopic (exact) mass is 235 g/mol. The highest BCUT2D eigenvalue weighted by Gasteiger charge is 2.13. The van der Waals surface area contributed by atoms with E-state index < -0.39 is 5.97 Å². The fraction of sp³-hybridized carbons (Fsp3) is 0.500. The van der Waals surface area contributed by atoms with Gasteiger partial charge in [-0.05, 0) is 37.9 Å². The van der Waals surface area contributed by atoms with Gasteiger partial charge in [0.15, 0.2) is 0 Å². The molecule has 2 N–H and O–H groups in total. The highest BCUT2D eigenvalue weighted by Crippen LogP contribution is 2.13. The van der Waals surface area contributed by atoms with Crippen LogP contribution in [0.3, 0.4) is 0 Å². The molecule has 94 valence electrons. The number of aryl methyl sites for hydroxylation is 2. The Kier molecular flexibility index (Phi) is 5.16. The van der Waals surface area contributed by atoms with E-state index in [2.05, 4.69) is 37.4 Å². The van der Waals surface area contributed by atoms with Crippen molar-refractivity contribution < 1.29 is 9.90 Å². The zero-order valence-corrected chi connectivity index (χ0v) is 10.8. The van der Waals surface area contributed by atoms with Crippen molar-refractivity contribution in [1.82, 2.24) is 5.32 Å². The highest BCUT2D eigenvalue weighted by atomic mass is 16.4. The van der Waals surface area contributed by atoms with Crippen molar-refractivity contribution in [3.05, 3.63) is 34.9 Å². The van der Waals surface area contributed by atoms with E-state index in [1.54, 1.807) is 0 Å². The van der Waals surface area contributed by atoms with Crippen LogP contribution in [0, 0.1) is 13.8 Å². The largest absolute Gasteiger partial charge is 0.481 e. The topological polar surface area (TPSA) is 49.3 Å². The van der Waals surface area contributed by atoms with Crippen molar-refractivity contribution in [2.24, 2.45) is 0 Å². The van der Waals surface area contributed by atoms with Crippen LogP contribution in [0.4, 0.5) is 0 Å². The van der Waals surface area contributed by atoms with E-state index in [1.807, 2.05) is 6.92 Å². The van der Waals surface area contributed by atoms with Crippen molar-refractivity contribution in [2.75, 3.05) is 6.54 Å². The van der Waals surface area contributed by atoms with Gasteiger partial charge in [-0.1, -0.05) is 30.7 Å². The Labute approximate surface area is 103 Å². The predicted octanol–water partition coefficient (Wildman–Crippen LogP) is 2.30. The lowest BCUT2D eigenvalue weighted by atomic mass is 9.98. The second kappa shape index (κ2) is 6.40. The van der Waals surface area contributed by atoms with Crippen molar-refractivity contribution in [3.8, 4) is 0 Å². The molecule has 0 aliphatic carbocycles. The SMILES string of the molecule is CCNC(CC(=O)O)Cc1ccc(C)cc1C. The predicted molar refractivity (Wildman–Crippen MR) is 69.3 cm³/mol. The van der Waals surface area contributed by atoms with Gasteiger partial charge in [-0.15, -0.1) is 0 Å². The molecule has 1 aromatic rings. The summed E-state index contributed by atoms with van der Waals surface area (Å²) >= 11 is 0. The van der Waals surface area contributed by atoms with Crippen LogP contribution in [-0.2, 0) is 11.2 Å². The summed E-state index contributed by atoms with van der Waals surface area (Å²) in [4.78, 5) is 10.8. The molecule has 1 atom stereocenters. The van der Waals surface area contributed by atoms with Crippen molar-refractivity contribution in [1.29, 1.82) is 0 Å². The van der Waals surface area contributed by atoms with E-state index >= 15 is 0 Å². The summed E-state index contributed by atoms with van der Waals surface area (Å²) in [6.07, 6.45) is 0.938. The van der Waals surface area contributed by atoms with E-state index in [0.29, 0.717) is 0 Å². The third kappa shape index (κ3) is 4.57. The molecule has 3 nitrogen and oxygen atoms in total. The van der Waals surface area contributed by atoms with E-state index in [-0.39, 0.29) is 12.5 Å². The van der Waals surface area contributed by atoms with Crippen molar-refractivity contribution in [3.63, 3.8) is 0 Å². The summed E-state index contributed by atoms with van der Waals surface area (Å²) in [6, 6.07) is 6.32. The minimum atomic E-state index is -0.749. The zero-order chi connectivity index (χ0) is 12.8. The van der Waals surface area contributed by atoms with Gasteiger partial charge in [0.25, 0.3) is 0 Å². The van der Waals surface area contributed by atoms with Gasteiger partial charge in [0.1, 0.15) is 0 Å². The maximum Gasteiger partial charge on any atom is 0.304 e. The number of carbonyl (C=O) groups is 1. The number of benzene rings is 1. The molecule has 0 saturated heterocycles. The normalized spacial score (nSPS) is 12.4. The number of hydrogen-bond acceptors (Lipinski definition) is 2. The molecule has 0 aromatic heterocycles. The molecular formula is C14H21NO2. The fourth-order valence-corrected chi connectivity index (χ4v) is 2.06. The molecule has 17 heavy (non-hydrogen) atoms. The summed E-state index contributed by atoms with van der Waals surface area (Å²) in [5.74, 6) is -0.749. The molecule has 0 fully saturated rings. The smallest absolute Gasteiger partial charge is 0.304 e.